The minimum atomic E-state index is -3.68. The summed E-state index contributed by atoms with van der Waals surface area (Å²) in [6.45, 7) is 3.42. The number of sulfonamides is 1. The van der Waals surface area contributed by atoms with Crippen LogP contribution in [-0.2, 0) is 14.8 Å². The number of halogens is 1. The molecule has 0 saturated carbocycles. The van der Waals surface area contributed by atoms with Crippen LogP contribution in [0.2, 0.25) is 5.02 Å². The molecule has 34 heavy (non-hydrogen) atoms. The highest BCUT2D eigenvalue weighted by atomic mass is 35.5. The van der Waals surface area contributed by atoms with E-state index in [4.69, 9.17) is 21.1 Å². The molecule has 2 aromatic rings. The highest BCUT2D eigenvalue weighted by Crippen LogP contribution is 2.32. The number of benzene rings is 2. The maximum Gasteiger partial charge on any atom is 0.243 e. The molecule has 2 aliphatic rings. The molecule has 0 bridgehead atoms. The molecule has 2 aliphatic heterocycles. The first-order valence-corrected chi connectivity index (χ1v) is 13.2. The Hall–Kier alpha value is -2.49. The first-order chi connectivity index (χ1) is 16.3. The maximum atomic E-state index is 13.1. The highest BCUT2D eigenvalue weighted by molar-refractivity contribution is 7.89. The van der Waals surface area contributed by atoms with Crippen molar-refractivity contribution in [2.24, 2.45) is 5.92 Å². The van der Waals surface area contributed by atoms with Crippen molar-refractivity contribution in [1.82, 2.24) is 9.21 Å². The number of rotatable bonds is 6. The molecule has 4 rings (SSSR count). The fraction of sp³-hybridized carbons (Fsp3) is 0.458. The molecule has 0 radical (unpaired) electrons. The fourth-order valence-electron chi connectivity index (χ4n) is 4.59. The topological polar surface area (TPSA) is 79.4 Å². The lowest BCUT2D eigenvalue weighted by Gasteiger charge is -2.39. The molecule has 0 aromatic heterocycles. The number of piperidine rings is 1. The van der Waals surface area contributed by atoms with E-state index in [-0.39, 0.29) is 16.7 Å². The van der Waals surface area contributed by atoms with E-state index in [1.807, 2.05) is 29.2 Å². The van der Waals surface area contributed by atoms with Crippen LogP contribution < -0.4 is 14.4 Å². The Balaban J connectivity index is 1.33. The summed E-state index contributed by atoms with van der Waals surface area (Å²) in [5, 5.41) is 0.700. The summed E-state index contributed by atoms with van der Waals surface area (Å²) in [5.74, 6) is 0.801. The van der Waals surface area contributed by atoms with Gasteiger partial charge in [0.25, 0.3) is 0 Å². The first kappa shape index (κ1) is 24.6. The summed E-state index contributed by atoms with van der Waals surface area (Å²) in [6, 6.07) is 12.3. The number of anilines is 1. The Morgan fingerprint density at radius 1 is 0.912 bits per heavy atom. The van der Waals surface area contributed by atoms with E-state index in [9.17, 15) is 13.2 Å². The van der Waals surface area contributed by atoms with Gasteiger partial charge in [-0.3, -0.25) is 4.79 Å². The molecule has 2 aromatic carbocycles. The van der Waals surface area contributed by atoms with Gasteiger partial charge in [0.2, 0.25) is 15.9 Å². The zero-order chi connectivity index (χ0) is 24.3. The van der Waals surface area contributed by atoms with Crippen LogP contribution >= 0.6 is 11.6 Å². The number of ether oxygens (including phenoxy) is 2. The van der Waals surface area contributed by atoms with Gasteiger partial charge in [0, 0.05) is 62.0 Å². The van der Waals surface area contributed by atoms with Gasteiger partial charge in [-0.05, 0) is 43.2 Å². The summed E-state index contributed by atoms with van der Waals surface area (Å²) >= 11 is 6.11. The third-order valence-corrected chi connectivity index (χ3v) is 8.69. The summed E-state index contributed by atoms with van der Waals surface area (Å²) < 4.78 is 38.2. The lowest BCUT2D eigenvalue weighted by Crippen LogP contribution is -2.52. The molecular weight excluding hydrogens is 478 g/mol. The molecule has 0 N–H and O–H groups in total. The molecule has 2 saturated heterocycles. The minimum absolute atomic E-state index is 0.119. The lowest BCUT2D eigenvalue weighted by molar-refractivity contribution is -0.137. The van der Waals surface area contributed by atoms with E-state index < -0.39 is 10.0 Å². The SMILES string of the molecule is COc1ccc(S(=O)(=O)N2CCC(C(=O)N3CCN(c4cccc(Cl)c4)CC3)CC2)cc1OC. The lowest BCUT2D eigenvalue weighted by atomic mass is 9.96. The average molecular weight is 508 g/mol. The molecule has 2 fully saturated rings. The summed E-state index contributed by atoms with van der Waals surface area (Å²) in [7, 11) is -0.702. The van der Waals surface area contributed by atoms with Crippen molar-refractivity contribution in [2.75, 3.05) is 58.4 Å². The van der Waals surface area contributed by atoms with Gasteiger partial charge in [-0.2, -0.15) is 4.31 Å². The molecule has 8 nitrogen and oxygen atoms in total. The predicted molar refractivity (Wildman–Crippen MR) is 131 cm³/mol. The van der Waals surface area contributed by atoms with E-state index in [2.05, 4.69) is 4.90 Å². The van der Waals surface area contributed by atoms with Gasteiger partial charge in [-0.1, -0.05) is 17.7 Å². The minimum Gasteiger partial charge on any atom is -0.493 e. The number of amides is 1. The van der Waals surface area contributed by atoms with Crippen LogP contribution in [0.15, 0.2) is 47.4 Å². The Morgan fingerprint density at radius 3 is 2.21 bits per heavy atom. The van der Waals surface area contributed by atoms with E-state index in [1.54, 1.807) is 6.07 Å². The molecule has 10 heteroatoms. The van der Waals surface area contributed by atoms with Crippen LogP contribution in [0, 0.1) is 5.92 Å². The van der Waals surface area contributed by atoms with Crippen molar-refractivity contribution < 1.29 is 22.7 Å². The number of piperazine rings is 1. The predicted octanol–water partition coefficient (Wildman–Crippen LogP) is 3.11. The fourth-order valence-corrected chi connectivity index (χ4v) is 6.26. The van der Waals surface area contributed by atoms with Crippen molar-refractivity contribution in [1.29, 1.82) is 0 Å². The molecule has 184 valence electrons. The van der Waals surface area contributed by atoms with Crippen molar-refractivity contribution in [2.45, 2.75) is 17.7 Å². The van der Waals surface area contributed by atoms with Crippen LogP contribution in [-0.4, -0.2) is 77.0 Å². The zero-order valence-electron chi connectivity index (χ0n) is 19.4. The second kappa shape index (κ2) is 10.4. The third-order valence-electron chi connectivity index (χ3n) is 6.56. The van der Waals surface area contributed by atoms with Gasteiger partial charge in [0.05, 0.1) is 19.1 Å². The molecule has 0 aliphatic carbocycles. The summed E-state index contributed by atoms with van der Waals surface area (Å²) in [4.78, 5) is 17.4. The van der Waals surface area contributed by atoms with Gasteiger partial charge in [0.1, 0.15) is 0 Å². The number of carbonyl (C=O) groups is 1. The number of methoxy groups -OCH3 is 2. The van der Waals surface area contributed by atoms with Crippen LogP contribution in [0.5, 0.6) is 11.5 Å². The van der Waals surface area contributed by atoms with Gasteiger partial charge in [-0.15, -0.1) is 0 Å². The van der Waals surface area contributed by atoms with Gasteiger partial charge in [-0.25, -0.2) is 8.42 Å². The standard InChI is InChI=1S/C24H30ClN3O5S/c1-32-22-7-6-21(17-23(22)33-2)34(30,31)28-10-8-18(9-11-28)24(29)27-14-12-26(13-15-27)20-5-3-4-19(25)16-20/h3-7,16-18H,8-15H2,1-2H3. The van der Waals surface area contributed by atoms with Crippen molar-refractivity contribution >= 4 is 33.2 Å². The second-order valence-corrected chi connectivity index (χ2v) is 10.9. The highest BCUT2D eigenvalue weighted by Gasteiger charge is 2.35. The number of hydrogen-bond acceptors (Lipinski definition) is 6. The monoisotopic (exact) mass is 507 g/mol. The number of carbonyl (C=O) groups excluding carboxylic acids is 1. The maximum absolute atomic E-state index is 13.1. The average Bonchev–Trinajstić information content (AvgIpc) is 2.88. The van der Waals surface area contributed by atoms with Crippen molar-refractivity contribution in [3.8, 4) is 11.5 Å². The molecule has 0 spiro atoms. The molecular formula is C24H30ClN3O5S. The Bertz CT molecular complexity index is 1130. The molecule has 1 amide bonds. The van der Waals surface area contributed by atoms with Gasteiger partial charge >= 0.3 is 0 Å². The number of hydrogen-bond donors (Lipinski definition) is 0. The van der Waals surface area contributed by atoms with Gasteiger partial charge < -0.3 is 19.3 Å². The smallest absolute Gasteiger partial charge is 0.243 e. The number of nitrogens with zero attached hydrogens (tertiary/aromatic N) is 3. The first-order valence-electron chi connectivity index (χ1n) is 11.3. The Kier molecular flexibility index (Phi) is 7.54. The molecule has 0 atom stereocenters. The van der Waals surface area contributed by atoms with E-state index in [0.29, 0.717) is 55.5 Å². The van der Waals surface area contributed by atoms with Crippen LogP contribution in [0.25, 0.3) is 0 Å². The van der Waals surface area contributed by atoms with Gasteiger partial charge in [0.15, 0.2) is 11.5 Å². The largest absolute Gasteiger partial charge is 0.493 e. The Labute approximate surface area is 206 Å². The zero-order valence-corrected chi connectivity index (χ0v) is 21.0. The van der Waals surface area contributed by atoms with Crippen LogP contribution in [0.3, 0.4) is 0 Å². The third kappa shape index (κ3) is 5.11. The van der Waals surface area contributed by atoms with E-state index in [0.717, 1.165) is 18.8 Å². The quantitative estimate of drug-likeness (QED) is 0.598. The van der Waals surface area contributed by atoms with Crippen molar-refractivity contribution in [3.63, 3.8) is 0 Å². The van der Waals surface area contributed by atoms with E-state index >= 15 is 0 Å². The van der Waals surface area contributed by atoms with Crippen LogP contribution in [0.1, 0.15) is 12.8 Å². The van der Waals surface area contributed by atoms with Crippen molar-refractivity contribution in [3.05, 3.63) is 47.5 Å². The van der Waals surface area contributed by atoms with Crippen LogP contribution in [0.4, 0.5) is 5.69 Å². The summed E-state index contributed by atoms with van der Waals surface area (Å²) in [5.41, 5.74) is 1.06. The molecule has 2 heterocycles. The Morgan fingerprint density at radius 2 is 1.59 bits per heavy atom. The second-order valence-electron chi connectivity index (χ2n) is 8.49. The normalized spacial score (nSPS) is 18.1. The summed E-state index contributed by atoms with van der Waals surface area (Å²) in [6.07, 6.45) is 1.03. The van der Waals surface area contributed by atoms with E-state index in [1.165, 1.54) is 30.7 Å². The molecule has 0 unspecified atom stereocenters.